The van der Waals surface area contributed by atoms with Crippen molar-refractivity contribution in [2.75, 3.05) is 19.4 Å². The van der Waals surface area contributed by atoms with Crippen LogP contribution in [0, 0.1) is 0 Å². The van der Waals surface area contributed by atoms with E-state index in [2.05, 4.69) is 0 Å². The second-order valence-corrected chi connectivity index (χ2v) is 6.65. The van der Waals surface area contributed by atoms with Crippen molar-refractivity contribution in [3.63, 3.8) is 0 Å². The lowest BCUT2D eigenvalue weighted by Crippen LogP contribution is -2.44. The minimum Gasteiger partial charge on any atom is -0.393 e. The predicted octanol–water partition coefficient (Wildman–Crippen LogP) is 1.43. The number of hydrogen-bond donors (Lipinski definition) is 0. The smallest absolute Gasteiger partial charge is 0.361 e. The molecule has 0 N–H and O–H groups in total. The molecule has 1 aliphatic heterocycles. The SMILES string of the molecule is CCO[Si](C)(COC1OC1C)OCC. The van der Waals surface area contributed by atoms with Gasteiger partial charge in [-0.25, -0.2) is 0 Å². The third kappa shape index (κ3) is 3.66. The van der Waals surface area contributed by atoms with Crippen molar-refractivity contribution in [3.05, 3.63) is 0 Å². The Morgan fingerprint density at radius 1 is 1.21 bits per heavy atom. The molecule has 0 saturated carbocycles. The molecule has 1 rings (SSSR count). The first-order valence-electron chi connectivity index (χ1n) is 5.16. The molecule has 0 amide bonds. The van der Waals surface area contributed by atoms with Gasteiger partial charge in [0, 0.05) is 13.2 Å². The third-order valence-electron chi connectivity index (χ3n) is 2.06. The highest BCUT2D eigenvalue weighted by atomic mass is 28.4. The van der Waals surface area contributed by atoms with Crippen LogP contribution >= 0.6 is 0 Å². The van der Waals surface area contributed by atoms with Crippen LogP contribution in [0.2, 0.25) is 6.55 Å². The van der Waals surface area contributed by atoms with Gasteiger partial charge in [-0.3, -0.25) is 0 Å². The topological polar surface area (TPSA) is 40.2 Å². The fraction of sp³-hybridized carbons (Fsp3) is 1.00. The zero-order valence-electron chi connectivity index (χ0n) is 9.41. The van der Waals surface area contributed by atoms with Gasteiger partial charge in [0.05, 0.1) is 6.23 Å². The monoisotopic (exact) mass is 220 g/mol. The van der Waals surface area contributed by atoms with E-state index >= 15 is 0 Å². The zero-order chi connectivity index (χ0) is 10.6. The summed E-state index contributed by atoms with van der Waals surface area (Å²) in [5.41, 5.74) is 0. The molecule has 0 aromatic carbocycles. The number of epoxide rings is 1. The van der Waals surface area contributed by atoms with Crippen molar-refractivity contribution in [2.45, 2.75) is 39.7 Å². The maximum atomic E-state index is 5.62. The number of hydrogen-bond acceptors (Lipinski definition) is 4. The minimum atomic E-state index is -2.10. The Morgan fingerprint density at radius 3 is 2.07 bits per heavy atom. The normalized spacial score (nSPS) is 26.6. The molecule has 5 heteroatoms. The number of rotatable bonds is 7. The molecule has 2 unspecified atom stereocenters. The largest absolute Gasteiger partial charge is 0.393 e. The van der Waals surface area contributed by atoms with E-state index in [9.17, 15) is 0 Å². The van der Waals surface area contributed by atoms with Gasteiger partial charge in [0.2, 0.25) is 0 Å². The van der Waals surface area contributed by atoms with Crippen LogP contribution in [0.5, 0.6) is 0 Å². The molecule has 0 aromatic heterocycles. The molecule has 0 aliphatic carbocycles. The fourth-order valence-electron chi connectivity index (χ4n) is 1.31. The number of ether oxygens (including phenoxy) is 2. The van der Waals surface area contributed by atoms with Crippen molar-refractivity contribution in [3.8, 4) is 0 Å². The lowest BCUT2D eigenvalue weighted by Gasteiger charge is -2.25. The molecule has 14 heavy (non-hydrogen) atoms. The summed E-state index contributed by atoms with van der Waals surface area (Å²) in [5.74, 6) is 0. The Kier molecular flexibility index (Phi) is 4.53. The van der Waals surface area contributed by atoms with E-state index in [1.165, 1.54) is 0 Å². The van der Waals surface area contributed by atoms with E-state index in [1.54, 1.807) is 0 Å². The van der Waals surface area contributed by atoms with Crippen LogP contribution in [0.3, 0.4) is 0 Å². The summed E-state index contributed by atoms with van der Waals surface area (Å²) in [7, 11) is -2.10. The first-order valence-corrected chi connectivity index (χ1v) is 7.68. The Hall–Kier alpha value is 0.0569. The highest BCUT2D eigenvalue weighted by Gasteiger charge is 2.40. The van der Waals surface area contributed by atoms with Crippen LogP contribution in [-0.2, 0) is 18.3 Å². The van der Waals surface area contributed by atoms with E-state index in [0.717, 1.165) is 0 Å². The maximum absolute atomic E-state index is 5.62. The van der Waals surface area contributed by atoms with Crippen molar-refractivity contribution in [1.82, 2.24) is 0 Å². The third-order valence-corrected chi connectivity index (χ3v) is 4.55. The molecule has 0 bridgehead atoms. The second kappa shape index (κ2) is 5.23. The lowest BCUT2D eigenvalue weighted by molar-refractivity contribution is 0.0493. The first kappa shape index (κ1) is 12.1. The van der Waals surface area contributed by atoms with Crippen molar-refractivity contribution >= 4 is 8.56 Å². The second-order valence-electron chi connectivity index (χ2n) is 3.52. The molecule has 1 aliphatic rings. The summed E-state index contributed by atoms with van der Waals surface area (Å²) >= 11 is 0. The van der Waals surface area contributed by atoms with Gasteiger partial charge in [0.25, 0.3) is 0 Å². The highest BCUT2D eigenvalue weighted by Crippen LogP contribution is 2.23. The van der Waals surface area contributed by atoms with Crippen LogP contribution in [0.25, 0.3) is 0 Å². The van der Waals surface area contributed by atoms with Crippen molar-refractivity contribution in [2.24, 2.45) is 0 Å². The Labute approximate surface area is 86.7 Å². The summed E-state index contributed by atoms with van der Waals surface area (Å²) in [4.78, 5) is 0. The molecule has 0 radical (unpaired) electrons. The van der Waals surface area contributed by atoms with Gasteiger partial charge < -0.3 is 18.3 Å². The molecule has 1 saturated heterocycles. The van der Waals surface area contributed by atoms with Crippen molar-refractivity contribution in [1.29, 1.82) is 0 Å². The summed E-state index contributed by atoms with van der Waals surface area (Å²) in [6, 6.07) is 0. The molecule has 4 nitrogen and oxygen atoms in total. The quantitative estimate of drug-likeness (QED) is 0.481. The van der Waals surface area contributed by atoms with Crippen LogP contribution in [0.4, 0.5) is 0 Å². The minimum absolute atomic E-state index is 0.0391. The average molecular weight is 220 g/mol. The van der Waals surface area contributed by atoms with Crippen molar-refractivity contribution < 1.29 is 18.3 Å². The highest BCUT2D eigenvalue weighted by molar-refractivity contribution is 6.65. The zero-order valence-corrected chi connectivity index (χ0v) is 10.4. The lowest BCUT2D eigenvalue weighted by atomic mass is 10.5. The summed E-state index contributed by atoms with van der Waals surface area (Å²) < 4.78 is 21.9. The summed E-state index contributed by atoms with van der Waals surface area (Å²) in [6.07, 6.45) is 0.739. The van der Waals surface area contributed by atoms with Gasteiger partial charge >= 0.3 is 8.56 Å². The van der Waals surface area contributed by atoms with Gasteiger partial charge in [-0.1, -0.05) is 0 Å². The van der Waals surface area contributed by atoms with Gasteiger partial charge in [0.1, 0.15) is 6.10 Å². The van der Waals surface area contributed by atoms with E-state index in [1.807, 2.05) is 27.3 Å². The molecule has 0 aromatic rings. The standard InChI is InChI=1S/C9H20O4Si/c1-5-11-14(4,12-6-2)7-10-9-8(3)13-9/h8-9H,5-7H2,1-4H3. The van der Waals surface area contributed by atoms with Gasteiger partial charge in [-0.15, -0.1) is 0 Å². The van der Waals surface area contributed by atoms with E-state index < -0.39 is 8.56 Å². The van der Waals surface area contributed by atoms with E-state index in [0.29, 0.717) is 19.4 Å². The maximum Gasteiger partial charge on any atom is 0.361 e. The van der Waals surface area contributed by atoms with Crippen LogP contribution in [0.15, 0.2) is 0 Å². The average Bonchev–Trinajstić information content (AvgIpc) is 2.80. The van der Waals surface area contributed by atoms with E-state index in [4.69, 9.17) is 18.3 Å². The van der Waals surface area contributed by atoms with Gasteiger partial charge in [0.15, 0.2) is 6.29 Å². The van der Waals surface area contributed by atoms with E-state index in [-0.39, 0.29) is 12.4 Å². The summed E-state index contributed by atoms with van der Waals surface area (Å²) in [6.45, 7) is 9.30. The van der Waals surface area contributed by atoms with Crippen LogP contribution < -0.4 is 0 Å². The Bertz CT molecular complexity index is 170. The van der Waals surface area contributed by atoms with Crippen LogP contribution in [-0.4, -0.2) is 40.4 Å². The Morgan fingerprint density at radius 2 is 1.71 bits per heavy atom. The molecule has 1 heterocycles. The van der Waals surface area contributed by atoms with Gasteiger partial charge in [-0.2, -0.15) is 0 Å². The fourth-order valence-corrected chi connectivity index (χ4v) is 3.25. The molecule has 1 fully saturated rings. The predicted molar refractivity (Wildman–Crippen MR) is 55.2 cm³/mol. The van der Waals surface area contributed by atoms with Gasteiger partial charge in [-0.05, 0) is 27.3 Å². The molecular formula is C9H20O4Si. The first-order chi connectivity index (χ1) is 6.61. The summed E-state index contributed by atoms with van der Waals surface area (Å²) in [5, 5.41) is 0. The molecular weight excluding hydrogens is 200 g/mol. The molecule has 84 valence electrons. The Balaban J connectivity index is 2.26. The molecule has 2 atom stereocenters. The molecule has 0 spiro atoms. The van der Waals surface area contributed by atoms with Crippen LogP contribution in [0.1, 0.15) is 20.8 Å².